The minimum Gasteiger partial charge on any atom is -0.507 e. The molecule has 0 bridgehead atoms. The zero-order valence-electron chi connectivity index (χ0n) is 12.2. The molecule has 0 spiro atoms. The van der Waals surface area contributed by atoms with Gasteiger partial charge in [0.15, 0.2) is 0 Å². The molecule has 3 rings (SSSR count). The van der Waals surface area contributed by atoms with Crippen LogP contribution >= 0.6 is 23.2 Å². The zero-order chi connectivity index (χ0) is 16.4. The number of nitrogens with zero attached hydrogens (tertiary/aromatic N) is 3. The number of phenols is 1. The summed E-state index contributed by atoms with van der Waals surface area (Å²) in [4.78, 5) is 20.6. The fraction of sp³-hybridized carbons (Fsp3) is 0.250. The third kappa shape index (κ3) is 3.51. The van der Waals surface area contributed by atoms with Crippen LogP contribution < -0.4 is 4.90 Å². The summed E-state index contributed by atoms with van der Waals surface area (Å²) in [6.07, 6.45) is 0. The molecule has 1 amide bonds. The number of rotatable bonds is 2. The van der Waals surface area contributed by atoms with Gasteiger partial charge in [-0.2, -0.15) is 0 Å². The van der Waals surface area contributed by atoms with Gasteiger partial charge in [0.1, 0.15) is 16.7 Å². The highest BCUT2D eigenvalue weighted by Gasteiger charge is 2.24. The topological polar surface area (TPSA) is 56.7 Å². The molecule has 7 heteroatoms. The van der Waals surface area contributed by atoms with E-state index in [0.29, 0.717) is 36.4 Å². The molecule has 1 saturated heterocycles. The number of piperazine rings is 1. The Kier molecular flexibility index (Phi) is 4.59. The Balaban J connectivity index is 1.69. The van der Waals surface area contributed by atoms with Crippen LogP contribution in [0.2, 0.25) is 10.2 Å². The number of aromatic hydroxyl groups is 1. The lowest BCUT2D eigenvalue weighted by Gasteiger charge is -2.35. The third-order valence-electron chi connectivity index (χ3n) is 3.78. The number of hydrogen-bond acceptors (Lipinski definition) is 4. The van der Waals surface area contributed by atoms with E-state index in [4.69, 9.17) is 23.2 Å². The second-order valence-corrected chi connectivity index (χ2v) is 6.08. The Morgan fingerprint density at radius 2 is 1.83 bits per heavy atom. The molecule has 1 fully saturated rings. The second-order valence-electron chi connectivity index (χ2n) is 5.26. The van der Waals surface area contributed by atoms with Crippen LogP contribution in [0.25, 0.3) is 0 Å². The predicted molar refractivity (Wildman–Crippen MR) is 90.5 cm³/mol. The van der Waals surface area contributed by atoms with Crippen molar-refractivity contribution in [1.82, 2.24) is 9.88 Å². The Morgan fingerprint density at radius 3 is 2.52 bits per heavy atom. The molecule has 2 heterocycles. The van der Waals surface area contributed by atoms with E-state index in [1.165, 1.54) is 12.1 Å². The molecule has 5 nitrogen and oxygen atoms in total. The summed E-state index contributed by atoms with van der Waals surface area (Å²) >= 11 is 11.8. The summed E-state index contributed by atoms with van der Waals surface area (Å²) < 4.78 is 0. The van der Waals surface area contributed by atoms with Crippen molar-refractivity contribution in [2.24, 2.45) is 0 Å². The van der Waals surface area contributed by atoms with Gasteiger partial charge in [0.2, 0.25) is 0 Å². The fourth-order valence-corrected chi connectivity index (χ4v) is 2.89. The van der Waals surface area contributed by atoms with Gasteiger partial charge in [-0.15, -0.1) is 0 Å². The highest BCUT2D eigenvalue weighted by atomic mass is 35.5. The maximum atomic E-state index is 12.5. The van der Waals surface area contributed by atoms with Crippen molar-refractivity contribution in [3.05, 3.63) is 52.1 Å². The molecule has 1 aliphatic heterocycles. The molecule has 0 unspecified atom stereocenters. The Hall–Kier alpha value is -1.98. The van der Waals surface area contributed by atoms with Gasteiger partial charge in [0.25, 0.3) is 5.91 Å². The minimum atomic E-state index is -0.219. The van der Waals surface area contributed by atoms with Crippen LogP contribution in [0.3, 0.4) is 0 Å². The van der Waals surface area contributed by atoms with E-state index in [1.807, 2.05) is 12.1 Å². The maximum Gasteiger partial charge on any atom is 0.257 e. The average molecular weight is 352 g/mol. The molecule has 2 aromatic rings. The lowest BCUT2D eigenvalue weighted by molar-refractivity contribution is 0.0743. The first kappa shape index (κ1) is 15.9. The van der Waals surface area contributed by atoms with Crippen LogP contribution in [0, 0.1) is 0 Å². The van der Waals surface area contributed by atoms with Crippen LogP contribution in [-0.4, -0.2) is 47.1 Å². The first-order valence-corrected chi connectivity index (χ1v) is 7.95. The molecule has 1 aromatic carbocycles. The second kappa shape index (κ2) is 6.64. The van der Waals surface area contributed by atoms with Crippen molar-refractivity contribution >= 4 is 34.9 Å². The molecule has 1 aliphatic rings. The molecular weight excluding hydrogens is 337 g/mol. The van der Waals surface area contributed by atoms with Crippen molar-refractivity contribution in [1.29, 1.82) is 0 Å². The summed E-state index contributed by atoms with van der Waals surface area (Å²) in [5, 5.41) is 10.7. The number of anilines is 1. The first-order valence-electron chi connectivity index (χ1n) is 7.20. The largest absolute Gasteiger partial charge is 0.507 e. The van der Waals surface area contributed by atoms with Gasteiger partial charge in [-0.05, 0) is 30.3 Å². The van der Waals surface area contributed by atoms with Gasteiger partial charge in [-0.3, -0.25) is 4.79 Å². The van der Waals surface area contributed by atoms with Crippen molar-refractivity contribution in [2.45, 2.75) is 0 Å². The maximum absolute atomic E-state index is 12.5. The van der Waals surface area contributed by atoms with Crippen LogP contribution in [-0.2, 0) is 0 Å². The number of aromatic nitrogens is 1. The first-order chi connectivity index (χ1) is 11.0. The molecule has 1 N–H and O–H groups in total. The number of benzene rings is 1. The van der Waals surface area contributed by atoms with E-state index in [1.54, 1.807) is 17.0 Å². The number of carbonyl (C=O) groups is 1. The number of phenolic OH excluding ortho intramolecular Hbond substituents is 1. The van der Waals surface area contributed by atoms with E-state index >= 15 is 0 Å². The van der Waals surface area contributed by atoms with Crippen LogP contribution in [0.15, 0.2) is 36.4 Å². The summed E-state index contributed by atoms with van der Waals surface area (Å²) in [6.45, 7) is 2.39. The van der Waals surface area contributed by atoms with E-state index in [2.05, 4.69) is 9.88 Å². The highest BCUT2D eigenvalue weighted by Crippen LogP contribution is 2.24. The van der Waals surface area contributed by atoms with E-state index in [-0.39, 0.29) is 17.2 Å². The highest BCUT2D eigenvalue weighted by molar-refractivity contribution is 6.31. The molecule has 0 aliphatic carbocycles. The SMILES string of the molecule is O=C(c1cc(Cl)ccc1O)N1CCN(c2cccc(Cl)n2)CC1. The summed E-state index contributed by atoms with van der Waals surface area (Å²) in [5.74, 6) is 0.525. The van der Waals surface area contributed by atoms with Gasteiger partial charge < -0.3 is 14.9 Å². The lowest BCUT2D eigenvalue weighted by atomic mass is 10.1. The van der Waals surface area contributed by atoms with Gasteiger partial charge in [-0.1, -0.05) is 29.3 Å². The predicted octanol–water partition coefficient (Wildman–Crippen LogP) is 3.06. The normalized spacial score (nSPS) is 14.9. The Morgan fingerprint density at radius 1 is 1.09 bits per heavy atom. The van der Waals surface area contributed by atoms with Gasteiger partial charge >= 0.3 is 0 Å². The summed E-state index contributed by atoms with van der Waals surface area (Å²) in [7, 11) is 0. The Bertz CT molecular complexity index is 731. The van der Waals surface area contributed by atoms with Crippen molar-refractivity contribution < 1.29 is 9.90 Å². The smallest absolute Gasteiger partial charge is 0.257 e. The Labute approximate surface area is 144 Å². The number of hydrogen-bond donors (Lipinski definition) is 1. The lowest BCUT2D eigenvalue weighted by Crippen LogP contribution is -2.49. The summed E-state index contributed by atoms with van der Waals surface area (Å²) in [5.41, 5.74) is 0.229. The number of amides is 1. The number of pyridine rings is 1. The molecule has 120 valence electrons. The molecule has 0 atom stereocenters. The van der Waals surface area contributed by atoms with E-state index in [9.17, 15) is 9.90 Å². The van der Waals surface area contributed by atoms with E-state index in [0.717, 1.165) is 5.82 Å². The van der Waals surface area contributed by atoms with Crippen LogP contribution in [0.4, 0.5) is 5.82 Å². The monoisotopic (exact) mass is 351 g/mol. The van der Waals surface area contributed by atoms with Crippen LogP contribution in [0.5, 0.6) is 5.75 Å². The minimum absolute atomic E-state index is 0.0571. The van der Waals surface area contributed by atoms with Gasteiger partial charge in [-0.25, -0.2) is 4.98 Å². The number of carbonyl (C=O) groups excluding carboxylic acids is 1. The molecular formula is C16H15Cl2N3O2. The van der Waals surface area contributed by atoms with Crippen molar-refractivity contribution in [2.75, 3.05) is 31.1 Å². The quantitative estimate of drug-likeness (QED) is 0.844. The molecule has 0 saturated carbocycles. The molecule has 1 aromatic heterocycles. The summed E-state index contributed by atoms with van der Waals surface area (Å²) in [6, 6.07) is 9.95. The average Bonchev–Trinajstić information content (AvgIpc) is 2.56. The standard InChI is InChI=1S/C16H15Cl2N3O2/c17-11-4-5-13(22)12(10-11)16(23)21-8-6-20(7-9-21)15-3-1-2-14(18)19-15/h1-5,10,22H,6-9H2. The number of halogens is 2. The van der Waals surface area contributed by atoms with E-state index < -0.39 is 0 Å². The zero-order valence-corrected chi connectivity index (χ0v) is 13.8. The molecule has 0 radical (unpaired) electrons. The van der Waals surface area contributed by atoms with Gasteiger partial charge in [0, 0.05) is 31.2 Å². The van der Waals surface area contributed by atoms with Crippen molar-refractivity contribution in [3.63, 3.8) is 0 Å². The third-order valence-corrected chi connectivity index (χ3v) is 4.23. The molecule has 23 heavy (non-hydrogen) atoms. The van der Waals surface area contributed by atoms with Crippen molar-refractivity contribution in [3.8, 4) is 5.75 Å². The fourth-order valence-electron chi connectivity index (χ4n) is 2.56. The van der Waals surface area contributed by atoms with Crippen LogP contribution in [0.1, 0.15) is 10.4 Å². The van der Waals surface area contributed by atoms with Gasteiger partial charge in [0.05, 0.1) is 5.56 Å².